The zero-order valence-electron chi connectivity index (χ0n) is 14.2. The highest BCUT2D eigenvalue weighted by atomic mass is 19.1. The second kappa shape index (κ2) is 10.1. The van der Waals surface area contributed by atoms with E-state index in [2.05, 4.69) is 11.9 Å². The Hall–Kier alpha value is -1.70. The molecule has 2 heteroatoms. The quantitative estimate of drug-likeness (QED) is 0.452. The Bertz CT molecular complexity index is 565. The molecule has 1 heterocycles. The van der Waals surface area contributed by atoms with Gasteiger partial charge in [-0.2, -0.15) is 0 Å². The molecule has 0 saturated carbocycles. The minimum Gasteiger partial charge on any atom is -0.256 e. The number of halogens is 1. The summed E-state index contributed by atoms with van der Waals surface area (Å²) in [5, 5.41) is 0. The lowest BCUT2D eigenvalue weighted by molar-refractivity contribution is 0.574. The number of aryl methyl sites for hydroxylation is 1. The van der Waals surface area contributed by atoms with Crippen molar-refractivity contribution in [1.82, 2.24) is 4.98 Å². The molecule has 0 unspecified atom stereocenters. The molecule has 23 heavy (non-hydrogen) atoms. The zero-order valence-corrected chi connectivity index (χ0v) is 14.2. The van der Waals surface area contributed by atoms with E-state index in [0.717, 1.165) is 29.7 Å². The van der Waals surface area contributed by atoms with Crippen molar-refractivity contribution in [2.24, 2.45) is 0 Å². The van der Waals surface area contributed by atoms with Crippen molar-refractivity contribution in [3.05, 3.63) is 54.0 Å². The Balaban J connectivity index is 1.84. The molecule has 0 aliphatic carbocycles. The van der Waals surface area contributed by atoms with Crippen LogP contribution in [0.5, 0.6) is 0 Å². The van der Waals surface area contributed by atoms with Crippen LogP contribution in [-0.2, 0) is 6.42 Å². The molecular weight excluding hydrogens is 285 g/mol. The molecule has 0 aliphatic heterocycles. The van der Waals surface area contributed by atoms with Gasteiger partial charge in [0.05, 0.1) is 5.69 Å². The van der Waals surface area contributed by atoms with Crippen molar-refractivity contribution < 1.29 is 4.39 Å². The first kappa shape index (κ1) is 17.7. The number of hydrogen-bond acceptors (Lipinski definition) is 1. The Labute approximate surface area is 140 Å². The highest BCUT2D eigenvalue weighted by Gasteiger charge is 2.07. The van der Waals surface area contributed by atoms with E-state index < -0.39 is 0 Å². The number of unbranched alkanes of at least 4 members (excludes halogenated alkanes) is 7. The van der Waals surface area contributed by atoms with Crippen LogP contribution < -0.4 is 0 Å². The van der Waals surface area contributed by atoms with Crippen LogP contribution >= 0.6 is 0 Å². The molecule has 0 spiro atoms. The van der Waals surface area contributed by atoms with Gasteiger partial charge in [-0.1, -0.05) is 57.9 Å². The first-order chi connectivity index (χ1) is 11.3. The largest absolute Gasteiger partial charge is 0.256 e. The second-order valence-electron chi connectivity index (χ2n) is 6.24. The fourth-order valence-corrected chi connectivity index (χ4v) is 2.99. The summed E-state index contributed by atoms with van der Waals surface area (Å²) in [7, 11) is 0. The van der Waals surface area contributed by atoms with Gasteiger partial charge < -0.3 is 0 Å². The van der Waals surface area contributed by atoms with E-state index in [0.29, 0.717) is 0 Å². The predicted molar refractivity (Wildman–Crippen MR) is 95.9 cm³/mol. The molecule has 0 radical (unpaired) electrons. The molecule has 0 fully saturated rings. The third-order valence-electron chi connectivity index (χ3n) is 4.31. The van der Waals surface area contributed by atoms with Crippen LogP contribution in [-0.4, -0.2) is 4.98 Å². The molecule has 1 nitrogen and oxygen atoms in total. The summed E-state index contributed by atoms with van der Waals surface area (Å²) in [4.78, 5) is 4.40. The molecule has 0 aliphatic rings. The molecule has 2 rings (SSSR count). The fraction of sp³-hybridized carbons (Fsp3) is 0.476. The monoisotopic (exact) mass is 313 g/mol. The second-order valence-corrected chi connectivity index (χ2v) is 6.24. The average molecular weight is 313 g/mol. The van der Waals surface area contributed by atoms with E-state index >= 15 is 0 Å². The van der Waals surface area contributed by atoms with Gasteiger partial charge in [0.2, 0.25) is 0 Å². The maximum absolute atomic E-state index is 13.6. The van der Waals surface area contributed by atoms with Crippen molar-refractivity contribution in [3.8, 4) is 11.3 Å². The standard InChI is InChI=1S/C21H28FN/c1-2-3-4-5-6-7-8-9-12-18-17-19(22)14-15-20(18)21-13-10-11-16-23-21/h10-11,13-17H,2-9,12H2,1H3. The first-order valence-electron chi connectivity index (χ1n) is 9.01. The van der Waals surface area contributed by atoms with Crippen molar-refractivity contribution in [2.75, 3.05) is 0 Å². The molecule has 0 amide bonds. The Kier molecular flexibility index (Phi) is 7.79. The van der Waals surface area contributed by atoms with Gasteiger partial charge in [0.25, 0.3) is 0 Å². The van der Waals surface area contributed by atoms with Gasteiger partial charge in [-0.15, -0.1) is 0 Å². The van der Waals surface area contributed by atoms with Crippen molar-refractivity contribution in [1.29, 1.82) is 0 Å². The van der Waals surface area contributed by atoms with Crippen LogP contribution in [0.2, 0.25) is 0 Å². The number of aromatic nitrogens is 1. The maximum Gasteiger partial charge on any atom is 0.123 e. The van der Waals surface area contributed by atoms with Crippen LogP contribution in [0.25, 0.3) is 11.3 Å². The molecule has 124 valence electrons. The third-order valence-corrected chi connectivity index (χ3v) is 4.31. The van der Waals surface area contributed by atoms with Gasteiger partial charge in [0.1, 0.15) is 5.82 Å². The average Bonchev–Trinajstić information content (AvgIpc) is 2.58. The summed E-state index contributed by atoms with van der Waals surface area (Å²) in [6.45, 7) is 2.25. The minimum absolute atomic E-state index is 0.153. The topological polar surface area (TPSA) is 12.9 Å². The molecule has 0 atom stereocenters. The first-order valence-corrected chi connectivity index (χ1v) is 9.01. The third kappa shape index (κ3) is 6.13. The lowest BCUT2D eigenvalue weighted by Crippen LogP contribution is -1.94. The van der Waals surface area contributed by atoms with E-state index in [9.17, 15) is 4.39 Å². The Morgan fingerprint density at radius 3 is 2.30 bits per heavy atom. The molecular formula is C21H28FN. The van der Waals surface area contributed by atoms with Crippen LogP contribution in [0.15, 0.2) is 42.6 Å². The summed E-state index contributed by atoms with van der Waals surface area (Å²) in [5.74, 6) is -0.153. The Morgan fingerprint density at radius 1 is 0.870 bits per heavy atom. The summed E-state index contributed by atoms with van der Waals surface area (Å²) in [5.41, 5.74) is 3.08. The molecule has 1 aromatic heterocycles. The highest BCUT2D eigenvalue weighted by Crippen LogP contribution is 2.24. The van der Waals surface area contributed by atoms with E-state index in [-0.39, 0.29) is 5.82 Å². The summed E-state index contributed by atoms with van der Waals surface area (Å²) in [6.07, 6.45) is 13.1. The Morgan fingerprint density at radius 2 is 1.61 bits per heavy atom. The van der Waals surface area contributed by atoms with Crippen LogP contribution in [0.3, 0.4) is 0 Å². The van der Waals surface area contributed by atoms with E-state index in [1.165, 1.54) is 51.0 Å². The van der Waals surface area contributed by atoms with Gasteiger partial charge in [-0.05, 0) is 48.7 Å². The summed E-state index contributed by atoms with van der Waals surface area (Å²) >= 11 is 0. The summed E-state index contributed by atoms with van der Waals surface area (Å²) < 4.78 is 13.6. The lowest BCUT2D eigenvalue weighted by Gasteiger charge is -2.09. The molecule has 0 bridgehead atoms. The van der Waals surface area contributed by atoms with Crippen molar-refractivity contribution in [2.45, 2.75) is 64.7 Å². The van der Waals surface area contributed by atoms with Crippen LogP contribution in [0, 0.1) is 5.82 Å². The zero-order chi connectivity index (χ0) is 16.3. The molecule has 1 aromatic carbocycles. The van der Waals surface area contributed by atoms with Crippen LogP contribution in [0.1, 0.15) is 63.9 Å². The smallest absolute Gasteiger partial charge is 0.123 e. The maximum atomic E-state index is 13.6. The number of rotatable bonds is 10. The van der Waals surface area contributed by atoms with Gasteiger partial charge in [0.15, 0.2) is 0 Å². The van der Waals surface area contributed by atoms with Crippen LogP contribution in [0.4, 0.5) is 4.39 Å². The minimum atomic E-state index is -0.153. The number of pyridine rings is 1. The van der Waals surface area contributed by atoms with Crippen molar-refractivity contribution >= 4 is 0 Å². The van der Waals surface area contributed by atoms with Gasteiger partial charge in [0, 0.05) is 11.8 Å². The predicted octanol–water partition coefficient (Wildman–Crippen LogP) is 6.57. The molecule has 0 saturated heterocycles. The number of benzene rings is 1. The van der Waals surface area contributed by atoms with Gasteiger partial charge in [-0.25, -0.2) is 4.39 Å². The fourth-order valence-electron chi connectivity index (χ4n) is 2.99. The van der Waals surface area contributed by atoms with E-state index in [4.69, 9.17) is 0 Å². The molecule has 2 aromatic rings. The number of nitrogens with zero attached hydrogens (tertiary/aromatic N) is 1. The number of hydrogen-bond donors (Lipinski definition) is 0. The van der Waals surface area contributed by atoms with E-state index in [1.54, 1.807) is 12.3 Å². The van der Waals surface area contributed by atoms with Crippen molar-refractivity contribution in [3.63, 3.8) is 0 Å². The SMILES string of the molecule is CCCCCCCCCCc1cc(F)ccc1-c1ccccn1. The van der Waals surface area contributed by atoms with Gasteiger partial charge >= 0.3 is 0 Å². The molecule has 0 N–H and O–H groups in total. The highest BCUT2D eigenvalue weighted by molar-refractivity contribution is 5.63. The lowest BCUT2D eigenvalue weighted by atomic mass is 9.98. The normalized spacial score (nSPS) is 10.9. The van der Waals surface area contributed by atoms with Gasteiger partial charge in [-0.3, -0.25) is 4.98 Å². The summed E-state index contributed by atoms with van der Waals surface area (Å²) in [6, 6.07) is 10.9. The van der Waals surface area contributed by atoms with E-state index in [1.807, 2.05) is 24.3 Å².